The number of carbonyl (C=O) groups excluding carboxylic acids is 1. The van der Waals surface area contributed by atoms with Crippen molar-refractivity contribution in [1.82, 2.24) is 4.57 Å². The molecule has 0 unspecified atom stereocenters. The van der Waals surface area contributed by atoms with Crippen molar-refractivity contribution in [3.05, 3.63) is 87.6 Å². The number of thiazole rings is 1. The molecule has 1 N–H and O–H groups in total. The van der Waals surface area contributed by atoms with Gasteiger partial charge >= 0.3 is 11.7 Å². The van der Waals surface area contributed by atoms with Gasteiger partial charge in [0, 0.05) is 16.7 Å². The Morgan fingerprint density at radius 3 is 2.65 bits per heavy atom. The number of fused-ring (bicyclic) bond motifs is 1. The van der Waals surface area contributed by atoms with E-state index < -0.39 is 33.9 Å². The minimum absolute atomic E-state index is 0.0117. The molecule has 2 aromatic carbocycles. The Morgan fingerprint density at radius 1 is 1.30 bits per heavy atom. The van der Waals surface area contributed by atoms with Crippen molar-refractivity contribution < 1.29 is 29.0 Å². The molecule has 0 spiro atoms. The number of rotatable bonds is 8. The number of hydrogen-bond donors (Lipinski definition) is 1. The number of ether oxygens (including phenoxy) is 3. The fourth-order valence-corrected chi connectivity index (χ4v) is 5.57. The van der Waals surface area contributed by atoms with Gasteiger partial charge in [0.25, 0.3) is 5.56 Å². The molecule has 40 heavy (non-hydrogen) atoms. The molecule has 1 aromatic heterocycles. The minimum Gasteiger partial charge on any atom is -0.502 e. The molecule has 0 aliphatic carbocycles. The van der Waals surface area contributed by atoms with Crippen molar-refractivity contribution in [3.8, 4) is 17.2 Å². The second kappa shape index (κ2) is 11.5. The van der Waals surface area contributed by atoms with Crippen LogP contribution in [0.5, 0.6) is 17.2 Å². The number of aromatic hydroxyl groups is 1. The molecule has 0 radical (unpaired) electrons. The maximum absolute atomic E-state index is 13.8. The lowest BCUT2D eigenvalue weighted by Gasteiger charge is -2.25. The molecule has 4 rings (SSSR count). The second-order valence-corrected chi connectivity index (χ2v) is 10.4. The van der Waals surface area contributed by atoms with Crippen molar-refractivity contribution in [2.45, 2.75) is 39.8 Å². The van der Waals surface area contributed by atoms with Crippen LogP contribution >= 0.6 is 22.9 Å². The SMILES string of the molecule is CCOC(=O)C1=C(C)N=c2s/c(=C\c3cc(Cl)cc([N+](=O)[O-])c3O)c(=O)n2[C@@H]1c1ccc(OC(C)C)c(OC)c1. The standard InChI is InChI=1S/C27H26ClN3O8S/c1-6-38-26(34)22-14(4)29-27-30(23(22)15-7-8-19(39-13(2)3)20(10-15)37-5)25(33)21(40-27)11-16-9-17(28)12-18(24(16)32)31(35)36/h7-13,23,32H,6H2,1-5H3/b21-11-/t23-/m1/s1. The number of esters is 1. The van der Waals surface area contributed by atoms with Gasteiger partial charge in [0.2, 0.25) is 5.75 Å². The zero-order valence-electron chi connectivity index (χ0n) is 22.3. The predicted molar refractivity (Wildman–Crippen MR) is 149 cm³/mol. The van der Waals surface area contributed by atoms with Crippen LogP contribution in [0.15, 0.2) is 51.4 Å². The summed E-state index contributed by atoms with van der Waals surface area (Å²) in [7, 11) is 1.49. The number of methoxy groups -OCH3 is 1. The number of phenols is 1. The highest BCUT2D eigenvalue weighted by Crippen LogP contribution is 2.37. The van der Waals surface area contributed by atoms with Crippen LogP contribution in [0.25, 0.3) is 6.08 Å². The number of carbonyl (C=O) groups is 1. The quantitative estimate of drug-likeness (QED) is 0.238. The molecule has 0 bridgehead atoms. The van der Waals surface area contributed by atoms with E-state index in [1.807, 2.05) is 13.8 Å². The fraction of sp³-hybridized carbons (Fsp3) is 0.296. The Balaban J connectivity index is 1.98. The van der Waals surface area contributed by atoms with E-state index in [9.17, 15) is 24.8 Å². The number of hydrogen-bond acceptors (Lipinski definition) is 10. The lowest BCUT2D eigenvalue weighted by molar-refractivity contribution is -0.385. The Morgan fingerprint density at radius 2 is 2.02 bits per heavy atom. The van der Waals surface area contributed by atoms with Crippen molar-refractivity contribution in [1.29, 1.82) is 0 Å². The van der Waals surface area contributed by atoms with E-state index in [4.69, 9.17) is 25.8 Å². The molecule has 3 aromatic rings. The summed E-state index contributed by atoms with van der Waals surface area (Å²) in [4.78, 5) is 42.3. The highest BCUT2D eigenvalue weighted by molar-refractivity contribution is 7.07. The molecule has 13 heteroatoms. The number of nitrogens with zero attached hydrogens (tertiary/aromatic N) is 3. The molecular formula is C27H26ClN3O8S. The van der Waals surface area contributed by atoms with E-state index in [-0.39, 0.29) is 38.2 Å². The van der Waals surface area contributed by atoms with Gasteiger partial charge in [-0.1, -0.05) is 29.0 Å². The number of aromatic nitrogens is 1. The Kier molecular flexibility index (Phi) is 8.31. The fourth-order valence-electron chi connectivity index (χ4n) is 4.31. The van der Waals surface area contributed by atoms with Gasteiger partial charge in [0.15, 0.2) is 16.3 Å². The van der Waals surface area contributed by atoms with Gasteiger partial charge in [-0.2, -0.15) is 0 Å². The third-order valence-electron chi connectivity index (χ3n) is 5.95. The summed E-state index contributed by atoms with van der Waals surface area (Å²) in [6, 6.07) is 6.51. The van der Waals surface area contributed by atoms with Crippen LogP contribution in [-0.2, 0) is 9.53 Å². The molecule has 0 fully saturated rings. The van der Waals surface area contributed by atoms with Gasteiger partial charge < -0.3 is 19.3 Å². The van der Waals surface area contributed by atoms with Crippen LogP contribution in [0.3, 0.4) is 0 Å². The van der Waals surface area contributed by atoms with Crippen molar-refractivity contribution >= 4 is 40.7 Å². The number of allylic oxidation sites excluding steroid dienone is 1. The van der Waals surface area contributed by atoms with Crippen molar-refractivity contribution in [2.24, 2.45) is 4.99 Å². The lowest BCUT2D eigenvalue weighted by atomic mass is 9.95. The van der Waals surface area contributed by atoms with Crippen LogP contribution in [-0.4, -0.2) is 40.4 Å². The highest BCUT2D eigenvalue weighted by Gasteiger charge is 2.34. The molecule has 1 aliphatic heterocycles. The van der Waals surface area contributed by atoms with Gasteiger partial charge in [-0.25, -0.2) is 9.79 Å². The summed E-state index contributed by atoms with van der Waals surface area (Å²) >= 11 is 7.04. The van der Waals surface area contributed by atoms with E-state index in [0.717, 1.165) is 17.4 Å². The molecular weight excluding hydrogens is 562 g/mol. The molecule has 0 saturated carbocycles. The monoisotopic (exact) mass is 587 g/mol. The van der Waals surface area contributed by atoms with Gasteiger partial charge in [0.05, 0.1) is 46.6 Å². The zero-order valence-corrected chi connectivity index (χ0v) is 23.8. The number of benzene rings is 2. The highest BCUT2D eigenvalue weighted by atomic mass is 35.5. The summed E-state index contributed by atoms with van der Waals surface area (Å²) in [6.45, 7) is 7.20. The normalized spacial score (nSPS) is 15.1. The maximum Gasteiger partial charge on any atom is 0.338 e. The van der Waals surface area contributed by atoms with Crippen LogP contribution in [0.1, 0.15) is 44.9 Å². The third kappa shape index (κ3) is 5.45. The Labute approximate surface area is 237 Å². The van der Waals surface area contributed by atoms with E-state index in [1.165, 1.54) is 23.8 Å². The minimum atomic E-state index is -0.929. The predicted octanol–water partition coefficient (Wildman–Crippen LogP) is 3.86. The zero-order chi connectivity index (χ0) is 29.3. The van der Waals surface area contributed by atoms with Crippen molar-refractivity contribution in [2.75, 3.05) is 13.7 Å². The van der Waals surface area contributed by atoms with Gasteiger partial charge in [-0.05, 0) is 57.5 Å². The van der Waals surface area contributed by atoms with Crippen LogP contribution in [0.2, 0.25) is 5.02 Å². The summed E-state index contributed by atoms with van der Waals surface area (Å²) in [5, 5.41) is 21.8. The average molecular weight is 588 g/mol. The van der Waals surface area contributed by atoms with Crippen LogP contribution in [0.4, 0.5) is 5.69 Å². The molecule has 2 heterocycles. The molecule has 1 atom stereocenters. The van der Waals surface area contributed by atoms with E-state index >= 15 is 0 Å². The third-order valence-corrected chi connectivity index (χ3v) is 7.15. The number of halogens is 1. The first-order valence-corrected chi connectivity index (χ1v) is 13.4. The smallest absolute Gasteiger partial charge is 0.338 e. The second-order valence-electron chi connectivity index (χ2n) is 9.00. The number of phenolic OH excluding ortho intramolecular Hbond substituents is 1. The Hall–Kier alpha value is -4.16. The summed E-state index contributed by atoms with van der Waals surface area (Å²) < 4.78 is 18.1. The van der Waals surface area contributed by atoms with Crippen molar-refractivity contribution in [3.63, 3.8) is 0 Å². The van der Waals surface area contributed by atoms with Gasteiger partial charge in [-0.15, -0.1) is 0 Å². The topological polar surface area (TPSA) is 142 Å². The molecule has 0 amide bonds. The first-order valence-electron chi connectivity index (χ1n) is 12.2. The van der Waals surface area contributed by atoms with Crippen LogP contribution < -0.4 is 24.4 Å². The largest absolute Gasteiger partial charge is 0.502 e. The molecule has 0 saturated heterocycles. The summed E-state index contributed by atoms with van der Waals surface area (Å²) in [6.07, 6.45) is 1.19. The first kappa shape index (κ1) is 28.8. The average Bonchev–Trinajstić information content (AvgIpc) is 3.19. The molecule has 1 aliphatic rings. The Bertz CT molecular complexity index is 1720. The number of nitro benzene ring substituents is 1. The van der Waals surface area contributed by atoms with Gasteiger partial charge in [0.1, 0.15) is 0 Å². The van der Waals surface area contributed by atoms with E-state index in [2.05, 4.69) is 4.99 Å². The van der Waals surface area contributed by atoms with Crippen LogP contribution in [0, 0.1) is 10.1 Å². The lowest BCUT2D eigenvalue weighted by Crippen LogP contribution is -2.40. The molecule has 11 nitrogen and oxygen atoms in total. The molecule has 210 valence electrons. The number of nitro groups is 1. The first-order chi connectivity index (χ1) is 19.0. The summed E-state index contributed by atoms with van der Waals surface area (Å²) in [5.74, 6) is -0.370. The van der Waals surface area contributed by atoms with E-state index in [1.54, 1.807) is 32.0 Å². The summed E-state index contributed by atoms with van der Waals surface area (Å²) in [5.41, 5.74) is -0.0776. The van der Waals surface area contributed by atoms with E-state index in [0.29, 0.717) is 22.8 Å². The van der Waals surface area contributed by atoms with Gasteiger partial charge in [-0.3, -0.25) is 19.5 Å². The maximum atomic E-state index is 13.8.